The summed E-state index contributed by atoms with van der Waals surface area (Å²) in [6.07, 6.45) is 1.00. The van der Waals surface area contributed by atoms with Crippen LogP contribution in [-0.2, 0) is 0 Å². The molecule has 2 aromatic carbocycles. The number of fused-ring (bicyclic) bond motifs is 1. The molecule has 8 heteroatoms. The fourth-order valence-electron chi connectivity index (χ4n) is 2.71. The first kappa shape index (κ1) is 18.4. The number of nitrogens with zero attached hydrogens (tertiary/aromatic N) is 1. The first-order valence-corrected chi connectivity index (χ1v) is 8.52. The molecule has 0 radical (unpaired) electrons. The van der Waals surface area contributed by atoms with E-state index in [1.165, 1.54) is 24.3 Å². The molecule has 0 saturated heterocycles. The van der Waals surface area contributed by atoms with Crippen LogP contribution in [0, 0.1) is 10.1 Å². The van der Waals surface area contributed by atoms with Gasteiger partial charge in [0.15, 0.2) is 17.3 Å². The molecule has 0 spiro atoms. The molecular formula is C19H18N2O6. The lowest BCUT2D eigenvalue weighted by molar-refractivity contribution is -0.384. The Labute approximate surface area is 155 Å². The van der Waals surface area contributed by atoms with Crippen LogP contribution in [0.3, 0.4) is 0 Å². The van der Waals surface area contributed by atoms with Crippen LogP contribution in [0.15, 0.2) is 36.4 Å². The Balaban J connectivity index is 1.90. The molecule has 1 aliphatic rings. The second kappa shape index (κ2) is 7.86. The summed E-state index contributed by atoms with van der Waals surface area (Å²) in [5.74, 6) is 0.322. The van der Waals surface area contributed by atoms with Gasteiger partial charge >= 0.3 is 0 Å². The highest BCUT2D eigenvalue weighted by molar-refractivity contribution is 6.10. The van der Waals surface area contributed by atoms with Gasteiger partial charge in [0.05, 0.1) is 10.6 Å². The molecule has 0 unspecified atom stereocenters. The number of carbonyl (C=O) groups excluding carboxylic acids is 2. The maximum Gasteiger partial charge on any atom is 0.269 e. The normalized spacial score (nSPS) is 12.3. The number of amides is 1. The predicted molar refractivity (Wildman–Crippen MR) is 97.7 cm³/mol. The Morgan fingerprint density at radius 3 is 2.33 bits per heavy atom. The number of nitro groups is 1. The monoisotopic (exact) mass is 370 g/mol. The number of carbonyl (C=O) groups is 2. The lowest BCUT2D eigenvalue weighted by atomic mass is 10.0. The Morgan fingerprint density at radius 1 is 1.11 bits per heavy atom. The maximum absolute atomic E-state index is 12.5. The SMILES string of the molecule is CCCC(=O)c1cc2c(cc1NC(=O)c1ccc([N+](=O)[O-])cc1)OCCO2. The van der Waals surface area contributed by atoms with Crippen LogP contribution in [0.1, 0.15) is 40.5 Å². The summed E-state index contributed by atoms with van der Waals surface area (Å²) in [5.41, 5.74) is 0.798. The Kier molecular flexibility index (Phi) is 5.35. The molecule has 1 heterocycles. The summed E-state index contributed by atoms with van der Waals surface area (Å²) in [6.45, 7) is 2.67. The molecular weight excluding hydrogens is 352 g/mol. The van der Waals surface area contributed by atoms with Crippen molar-refractivity contribution in [2.45, 2.75) is 19.8 Å². The molecule has 0 fully saturated rings. The van der Waals surface area contributed by atoms with E-state index in [0.29, 0.717) is 48.8 Å². The van der Waals surface area contributed by atoms with Crippen molar-refractivity contribution in [2.75, 3.05) is 18.5 Å². The van der Waals surface area contributed by atoms with Gasteiger partial charge in [-0.25, -0.2) is 0 Å². The molecule has 8 nitrogen and oxygen atoms in total. The molecule has 1 N–H and O–H groups in total. The van der Waals surface area contributed by atoms with Crippen molar-refractivity contribution in [1.29, 1.82) is 0 Å². The van der Waals surface area contributed by atoms with Crippen LogP contribution in [0.25, 0.3) is 0 Å². The third-order valence-corrected chi connectivity index (χ3v) is 4.05. The molecule has 0 aromatic heterocycles. The molecule has 3 rings (SSSR count). The number of nitrogens with one attached hydrogen (secondary N) is 1. The van der Waals surface area contributed by atoms with Gasteiger partial charge in [0.2, 0.25) is 0 Å². The van der Waals surface area contributed by atoms with Gasteiger partial charge in [-0.05, 0) is 24.6 Å². The van der Waals surface area contributed by atoms with E-state index in [1.54, 1.807) is 12.1 Å². The van der Waals surface area contributed by atoms with Crippen LogP contribution in [0.2, 0.25) is 0 Å². The van der Waals surface area contributed by atoms with Crippen LogP contribution in [0.5, 0.6) is 11.5 Å². The highest BCUT2D eigenvalue weighted by Gasteiger charge is 2.21. The van der Waals surface area contributed by atoms with Gasteiger partial charge < -0.3 is 14.8 Å². The molecule has 0 saturated carbocycles. The zero-order valence-corrected chi connectivity index (χ0v) is 14.7. The molecule has 1 amide bonds. The van der Waals surface area contributed by atoms with Crippen LogP contribution in [0.4, 0.5) is 11.4 Å². The van der Waals surface area contributed by atoms with Crippen LogP contribution < -0.4 is 14.8 Å². The largest absolute Gasteiger partial charge is 0.486 e. The van der Waals surface area contributed by atoms with Gasteiger partial charge in [0.1, 0.15) is 13.2 Å². The third kappa shape index (κ3) is 4.05. The lowest BCUT2D eigenvalue weighted by Gasteiger charge is -2.21. The molecule has 0 atom stereocenters. The quantitative estimate of drug-likeness (QED) is 0.473. The van der Waals surface area contributed by atoms with E-state index >= 15 is 0 Å². The molecule has 0 bridgehead atoms. The van der Waals surface area contributed by atoms with E-state index in [4.69, 9.17) is 9.47 Å². The zero-order valence-electron chi connectivity index (χ0n) is 14.7. The summed E-state index contributed by atoms with van der Waals surface area (Å²) in [6, 6.07) is 8.38. The minimum absolute atomic E-state index is 0.107. The molecule has 0 aliphatic carbocycles. The number of hydrogen-bond donors (Lipinski definition) is 1. The summed E-state index contributed by atoms with van der Waals surface area (Å²) < 4.78 is 11.0. The van der Waals surface area contributed by atoms with Gasteiger partial charge in [-0.1, -0.05) is 6.92 Å². The number of rotatable bonds is 6. The molecule has 27 heavy (non-hydrogen) atoms. The Morgan fingerprint density at radius 2 is 1.74 bits per heavy atom. The van der Waals surface area contributed by atoms with Gasteiger partial charge in [0, 0.05) is 35.7 Å². The number of anilines is 1. The second-order valence-corrected chi connectivity index (χ2v) is 5.97. The first-order chi connectivity index (χ1) is 13.0. The average molecular weight is 370 g/mol. The number of ether oxygens (including phenoxy) is 2. The fourth-order valence-corrected chi connectivity index (χ4v) is 2.71. The maximum atomic E-state index is 12.5. The van der Waals surface area contributed by atoms with Gasteiger partial charge in [-0.3, -0.25) is 19.7 Å². The number of Topliss-reactive ketones (excluding diaryl/α,β-unsaturated/α-hetero) is 1. The van der Waals surface area contributed by atoms with Crippen molar-refractivity contribution in [3.63, 3.8) is 0 Å². The predicted octanol–water partition coefficient (Wildman–Crippen LogP) is 3.60. The van der Waals surface area contributed by atoms with Gasteiger partial charge in [-0.2, -0.15) is 0 Å². The zero-order chi connectivity index (χ0) is 19.4. The summed E-state index contributed by atoms with van der Waals surface area (Å²) in [4.78, 5) is 35.2. The molecule has 1 aliphatic heterocycles. The summed E-state index contributed by atoms with van der Waals surface area (Å²) in [7, 11) is 0. The standard InChI is InChI=1S/C19H18N2O6/c1-2-3-16(22)14-10-17-18(27-9-8-26-17)11-15(14)20-19(23)12-4-6-13(7-5-12)21(24)25/h4-7,10-11H,2-3,8-9H2,1H3,(H,20,23). The third-order valence-electron chi connectivity index (χ3n) is 4.05. The van der Waals surface area contributed by atoms with E-state index in [-0.39, 0.29) is 17.0 Å². The number of ketones is 1. The molecule has 140 valence electrons. The van der Waals surface area contributed by atoms with Crippen molar-refractivity contribution >= 4 is 23.1 Å². The number of nitro benzene ring substituents is 1. The van der Waals surface area contributed by atoms with Crippen molar-refractivity contribution in [3.05, 3.63) is 57.6 Å². The van der Waals surface area contributed by atoms with E-state index in [1.807, 2.05) is 6.92 Å². The minimum atomic E-state index is -0.538. The van der Waals surface area contributed by atoms with Crippen molar-refractivity contribution < 1.29 is 24.0 Å². The van der Waals surface area contributed by atoms with E-state index < -0.39 is 10.8 Å². The first-order valence-electron chi connectivity index (χ1n) is 8.52. The smallest absolute Gasteiger partial charge is 0.269 e. The topological polar surface area (TPSA) is 108 Å². The second-order valence-electron chi connectivity index (χ2n) is 5.97. The van der Waals surface area contributed by atoms with Gasteiger partial charge in [-0.15, -0.1) is 0 Å². The minimum Gasteiger partial charge on any atom is -0.486 e. The Bertz CT molecular complexity index is 892. The number of benzene rings is 2. The summed E-state index contributed by atoms with van der Waals surface area (Å²) >= 11 is 0. The lowest BCUT2D eigenvalue weighted by Crippen LogP contribution is -2.19. The van der Waals surface area contributed by atoms with Crippen molar-refractivity contribution in [1.82, 2.24) is 0 Å². The summed E-state index contributed by atoms with van der Waals surface area (Å²) in [5, 5.41) is 13.4. The van der Waals surface area contributed by atoms with Crippen LogP contribution in [-0.4, -0.2) is 29.8 Å². The van der Waals surface area contributed by atoms with Crippen LogP contribution >= 0.6 is 0 Å². The number of hydrogen-bond acceptors (Lipinski definition) is 6. The highest BCUT2D eigenvalue weighted by atomic mass is 16.6. The van der Waals surface area contributed by atoms with E-state index in [0.717, 1.165) is 0 Å². The van der Waals surface area contributed by atoms with Gasteiger partial charge in [0.25, 0.3) is 11.6 Å². The average Bonchev–Trinajstić information content (AvgIpc) is 2.67. The fraction of sp³-hybridized carbons (Fsp3) is 0.263. The van der Waals surface area contributed by atoms with Crippen molar-refractivity contribution in [3.8, 4) is 11.5 Å². The van der Waals surface area contributed by atoms with Crippen molar-refractivity contribution in [2.24, 2.45) is 0 Å². The van der Waals surface area contributed by atoms with E-state index in [2.05, 4.69) is 5.32 Å². The highest BCUT2D eigenvalue weighted by Crippen LogP contribution is 2.36. The van der Waals surface area contributed by atoms with E-state index in [9.17, 15) is 19.7 Å². The Hall–Kier alpha value is -3.42. The number of non-ortho nitro benzene ring substituents is 1. The molecule has 2 aromatic rings.